The average Bonchev–Trinajstić information content (AvgIpc) is 2.43. The van der Waals surface area contributed by atoms with E-state index in [0.717, 1.165) is 0 Å². The summed E-state index contributed by atoms with van der Waals surface area (Å²) in [4.78, 5) is 23.4. The van der Waals surface area contributed by atoms with Crippen molar-refractivity contribution >= 4 is 23.4 Å². The standard InChI is InChI=1S/C14H18ClNO3/c1-3-16-12(8-9-13(17)19-2)14(18)10-4-6-11(15)7-5-10/h4-7,12,16H,3,8-9H2,1-2H3. The second-order valence-corrected chi connectivity index (χ2v) is 4.53. The van der Waals surface area contributed by atoms with E-state index in [1.54, 1.807) is 24.3 Å². The fourth-order valence-corrected chi connectivity index (χ4v) is 1.88. The molecular formula is C14H18ClNO3. The number of Topliss-reactive ketones (excluding diaryl/α,β-unsaturated/α-hetero) is 1. The monoisotopic (exact) mass is 283 g/mol. The van der Waals surface area contributed by atoms with E-state index in [4.69, 9.17) is 11.6 Å². The van der Waals surface area contributed by atoms with Crippen LogP contribution in [0.25, 0.3) is 0 Å². The van der Waals surface area contributed by atoms with E-state index in [1.165, 1.54) is 7.11 Å². The van der Waals surface area contributed by atoms with Crippen LogP contribution >= 0.6 is 11.6 Å². The molecule has 1 unspecified atom stereocenters. The van der Waals surface area contributed by atoms with Crippen LogP contribution in [-0.2, 0) is 9.53 Å². The Bertz CT molecular complexity index is 431. The van der Waals surface area contributed by atoms with Gasteiger partial charge in [0.25, 0.3) is 0 Å². The van der Waals surface area contributed by atoms with Crippen LogP contribution in [-0.4, -0.2) is 31.4 Å². The molecule has 0 fully saturated rings. The minimum Gasteiger partial charge on any atom is -0.469 e. The van der Waals surface area contributed by atoms with Gasteiger partial charge < -0.3 is 10.1 Å². The summed E-state index contributed by atoms with van der Waals surface area (Å²) < 4.78 is 4.58. The highest BCUT2D eigenvalue weighted by molar-refractivity contribution is 6.30. The highest BCUT2D eigenvalue weighted by Gasteiger charge is 2.20. The molecule has 1 aromatic rings. The Morgan fingerprint density at radius 3 is 2.47 bits per heavy atom. The predicted molar refractivity (Wildman–Crippen MR) is 74.5 cm³/mol. The number of rotatable bonds is 7. The first-order valence-corrected chi connectivity index (χ1v) is 6.56. The molecule has 0 aliphatic carbocycles. The van der Waals surface area contributed by atoms with Crippen molar-refractivity contribution in [2.75, 3.05) is 13.7 Å². The lowest BCUT2D eigenvalue weighted by molar-refractivity contribution is -0.140. The van der Waals surface area contributed by atoms with Gasteiger partial charge in [-0.2, -0.15) is 0 Å². The van der Waals surface area contributed by atoms with Gasteiger partial charge in [-0.3, -0.25) is 9.59 Å². The zero-order valence-electron chi connectivity index (χ0n) is 11.1. The summed E-state index contributed by atoms with van der Waals surface area (Å²) in [5, 5.41) is 3.67. The summed E-state index contributed by atoms with van der Waals surface area (Å²) >= 11 is 5.79. The van der Waals surface area contributed by atoms with Crippen molar-refractivity contribution in [3.8, 4) is 0 Å². The van der Waals surface area contributed by atoms with E-state index in [0.29, 0.717) is 23.6 Å². The van der Waals surface area contributed by atoms with Crippen LogP contribution in [0.2, 0.25) is 5.02 Å². The number of ether oxygens (including phenoxy) is 1. The first-order chi connectivity index (χ1) is 9.08. The van der Waals surface area contributed by atoms with Crippen molar-refractivity contribution in [3.63, 3.8) is 0 Å². The maximum atomic E-state index is 12.3. The van der Waals surface area contributed by atoms with Crippen LogP contribution in [0.15, 0.2) is 24.3 Å². The molecule has 0 spiro atoms. The SMILES string of the molecule is CCNC(CCC(=O)OC)C(=O)c1ccc(Cl)cc1. The zero-order valence-corrected chi connectivity index (χ0v) is 11.9. The first-order valence-electron chi connectivity index (χ1n) is 6.18. The minimum atomic E-state index is -0.384. The van der Waals surface area contributed by atoms with E-state index in [9.17, 15) is 9.59 Å². The lowest BCUT2D eigenvalue weighted by Crippen LogP contribution is -2.37. The summed E-state index contributed by atoms with van der Waals surface area (Å²) in [6.07, 6.45) is 0.634. The third-order valence-corrected chi connectivity index (χ3v) is 3.01. The van der Waals surface area contributed by atoms with Gasteiger partial charge in [-0.25, -0.2) is 0 Å². The predicted octanol–water partition coefficient (Wildman–Crippen LogP) is 2.45. The van der Waals surface area contributed by atoms with Gasteiger partial charge in [-0.15, -0.1) is 0 Å². The Morgan fingerprint density at radius 2 is 1.95 bits per heavy atom. The Balaban J connectivity index is 2.71. The van der Waals surface area contributed by atoms with Crippen LogP contribution < -0.4 is 5.32 Å². The fourth-order valence-electron chi connectivity index (χ4n) is 1.75. The maximum absolute atomic E-state index is 12.3. The summed E-state index contributed by atoms with van der Waals surface area (Å²) in [6.45, 7) is 2.57. The number of benzene rings is 1. The molecule has 1 N–H and O–H groups in total. The Hall–Kier alpha value is -1.39. The molecule has 1 rings (SSSR count). The topological polar surface area (TPSA) is 55.4 Å². The lowest BCUT2D eigenvalue weighted by atomic mass is 10.00. The number of esters is 1. The number of nitrogens with one attached hydrogen (secondary N) is 1. The van der Waals surface area contributed by atoms with Gasteiger partial charge in [0, 0.05) is 17.0 Å². The number of ketones is 1. The minimum absolute atomic E-state index is 0.0394. The molecule has 0 saturated heterocycles. The lowest BCUT2D eigenvalue weighted by Gasteiger charge is -2.16. The molecule has 1 aromatic carbocycles. The van der Waals surface area contributed by atoms with Gasteiger partial charge >= 0.3 is 5.97 Å². The number of halogens is 1. The second-order valence-electron chi connectivity index (χ2n) is 4.10. The fraction of sp³-hybridized carbons (Fsp3) is 0.429. The molecule has 0 aliphatic heterocycles. The number of carbonyl (C=O) groups excluding carboxylic acids is 2. The number of hydrogen-bond donors (Lipinski definition) is 1. The van der Waals surface area contributed by atoms with Crippen molar-refractivity contribution < 1.29 is 14.3 Å². The van der Waals surface area contributed by atoms with Crippen molar-refractivity contribution in [2.45, 2.75) is 25.8 Å². The molecule has 0 aliphatic rings. The first kappa shape index (κ1) is 15.7. The van der Waals surface area contributed by atoms with Crippen molar-refractivity contribution in [1.82, 2.24) is 5.32 Å². The van der Waals surface area contributed by atoms with Gasteiger partial charge in [0.05, 0.1) is 13.2 Å². The van der Waals surface area contributed by atoms with Crippen LogP contribution in [0.5, 0.6) is 0 Å². The summed E-state index contributed by atoms with van der Waals surface area (Å²) in [7, 11) is 1.34. The number of carbonyl (C=O) groups is 2. The number of methoxy groups -OCH3 is 1. The number of hydrogen-bond acceptors (Lipinski definition) is 4. The van der Waals surface area contributed by atoms with E-state index < -0.39 is 0 Å². The van der Waals surface area contributed by atoms with Gasteiger partial charge in [-0.1, -0.05) is 18.5 Å². The van der Waals surface area contributed by atoms with Gasteiger partial charge in [0.15, 0.2) is 5.78 Å². The molecule has 19 heavy (non-hydrogen) atoms. The zero-order chi connectivity index (χ0) is 14.3. The average molecular weight is 284 g/mol. The molecule has 5 heteroatoms. The molecule has 104 valence electrons. The quantitative estimate of drug-likeness (QED) is 0.617. The summed E-state index contributed by atoms with van der Waals surface area (Å²) in [5.41, 5.74) is 0.584. The second kappa shape index (κ2) is 7.92. The Morgan fingerprint density at radius 1 is 1.32 bits per heavy atom. The van der Waals surface area contributed by atoms with E-state index in [-0.39, 0.29) is 24.2 Å². The van der Waals surface area contributed by atoms with Crippen LogP contribution in [0.3, 0.4) is 0 Å². The third-order valence-electron chi connectivity index (χ3n) is 2.76. The number of likely N-dealkylation sites (N-methyl/N-ethyl adjacent to an activating group) is 1. The van der Waals surface area contributed by atoms with Crippen LogP contribution in [0, 0.1) is 0 Å². The molecule has 0 aromatic heterocycles. The highest BCUT2D eigenvalue weighted by Crippen LogP contribution is 2.13. The van der Waals surface area contributed by atoms with Gasteiger partial charge in [0.1, 0.15) is 0 Å². The van der Waals surface area contributed by atoms with Crippen LogP contribution in [0.4, 0.5) is 0 Å². The molecule has 0 heterocycles. The third kappa shape index (κ3) is 5.01. The molecular weight excluding hydrogens is 266 g/mol. The largest absolute Gasteiger partial charge is 0.469 e. The van der Waals surface area contributed by atoms with E-state index in [1.807, 2.05) is 6.92 Å². The molecule has 0 radical (unpaired) electrons. The smallest absolute Gasteiger partial charge is 0.305 e. The highest BCUT2D eigenvalue weighted by atomic mass is 35.5. The summed E-state index contributed by atoms with van der Waals surface area (Å²) in [6, 6.07) is 6.35. The summed E-state index contributed by atoms with van der Waals surface area (Å²) in [5.74, 6) is -0.353. The molecule has 4 nitrogen and oxygen atoms in total. The molecule has 0 bridgehead atoms. The van der Waals surface area contributed by atoms with Gasteiger partial charge in [-0.05, 0) is 37.2 Å². The van der Waals surface area contributed by atoms with Crippen LogP contribution in [0.1, 0.15) is 30.1 Å². The van der Waals surface area contributed by atoms with Crippen molar-refractivity contribution in [1.29, 1.82) is 0 Å². The van der Waals surface area contributed by atoms with Gasteiger partial charge in [0.2, 0.25) is 0 Å². The van der Waals surface area contributed by atoms with Crippen molar-refractivity contribution in [3.05, 3.63) is 34.9 Å². The Labute approximate surface area is 118 Å². The Kier molecular flexibility index (Phi) is 6.53. The maximum Gasteiger partial charge on any atom is 0.305 e. The normalized spacial score (nSPS) is 11.9. The molecule has 0 saturated carbocycles. The van der Waals surface area contributed by atoms with E-state index >= 15 is 0 Å². The molecule has 0 amide bonds. The molecule has 1 atom stereocenters. The van der Waals surface area contributed by atoms with Crippen molar-refractivity contribution in [2.24, 2.45) is 0 Å². The van der Waals surface area contributed by atoms with E-state index in [2.05, 4.69) is 10.1 Å².